The molecule has 0 radical (unpaired) electrons. The number of aromatic nitrogens is 2. The molecule has 0 aliphatic heterocycles. The molecule has 0 amide bonds. The van der Waals surface area contributed by atoms with Crippen LogP contribution in [0, 0.1) is 11.3 Å². The lowest BCUT2D eigenvalue weighted by molar-refractivity contribution is 0.393. The second-order valence-electron chi connectivity index (χ2n) is 5.71. The van der Waals surface area contributed by atoms with Gasteiger partial charge >= 0.3 is 0 Å². The third kappa shape index (κ3) is 3.83. The summed E-state index contributed by atoms with van der Waals surface area (Å²) >= 11 is 0. The van der Waals surface area contributed by atoms with Gasteiger partial charge in [0.1, 0.15) is 0 Å². The number of hydrazone groups is 1. The van der Waals surface area contributed by atoms with Gasteiger partial charge in [-0.2, -0.15) is 15.4 Å². The van der Waals surface area contributed by atoms with Crippen LogP contribution in [0.4, 0.5) is 5.82 Å². The van der Waals surface area contributed by atoms with Crippen LogP contribution in [-0.4, -0.2) is 21.8 Å². The van der Waals surface area contributed by atoms with Crippen molar-refractivity contribution in [3.63, 3.8) is 0 Å². The van der Waals surface area contributed by atoms with Crippen LogP contribution in [0.15, 0.2) is 78.0 Å². The minimum Gasteiger partial charge on any atom is -0.493 e. The third-order valence-corrected chi connectivity index (χ3v) is 4.05. The van der Waals surface area contributed by atoms with E-state index in [0.717, 1.165) is 16.8 Å². The van der Waals surface area contributed by atoms with E-state index in [4.69, 9.17) is 5.26 Å². The van der Waals surface area contributed by atoms with Crippen molar-refractivity contribution < 1.29 is 5.11 Å². The molecule has 0 fully saturated rings. The van der Waals surface area contributed by atoms with E-state index in [1.807, 2.05) is 24.3 Å². The van der Waals surface area contributed by atoms with Crippen molar-refractivity contribution in [3.8, 4) is 17.3 Å². The molecule has 0 spiro atoms. The Morgan fingerprint density at radius 2 is 1.89 bits per heavy atom. The van der Waals surface area contributed by atoms with Gasteiger partial charge in [-0.3, -0.25) is 4.98 Å². The third-order valence-electron chi connectivity index (χ3n) is 4.05. The number of nitriles is 1. The highest BCUT2D eigenvalue weighted by atomic mass is 16.3. The Labute approximate surface area is 157 Å². The minimum atomic E-state index is -0.0900. The maximum absolute atomic E-state index is 10.7. The van der Waals surface area contributed by atoms with Crippen molar-refractivity contribution in [2.24, 2.45) is 5.10 Å². The predicted octanol–water partition coefficient (Wildman–Crippen LogP) is 4.38. The van der Waals surface area contributed by atoms with Crippen molar-refractivity contribution in [3.05, 3.63) is 84.0 Å². The number of nitrogens with zero attached hydrogens (tertiary/aromatic N) is 5. The van der Waals surface area contributed by atoms with Crippen LogP contribution in [0.25, 0.3) is 16.8 Å². The molecular formula is C21H17N5O. The van der Waals surface area contributed by atoms with Gasteiger partial charge in [-0.05, 0) is 48.9 Å². The monoisotopic (exact) mass is 355 g/mol. The molecule has 0 unspecified atom stereocenters. The molecule has 0 aliphatic rings. The average Bonchev–Trinajstić information content (AvgIpc) is 2.75. The Balaban J connectivity index is 1.91. The van der Waals surface area contributed by atoms with Gasteiger partial charge in [0.15, 0.2) is 5.82 Å². The van der Waals surface area contributed by atoms with Crippen molar-refractivity contribution in [2.45, 2.75) is 6.92 Å². The Bertz CT molecular complexity index is 1000. The molecule has 2 aromatic heterocycles. The first kappa shape index (κ1) is 17.8. The largest absolute Gasteiger partial charge is 0.493 e. The van der Waals surface area contributed by atoms with Crippen molar-refractivity contribution in [1.29, 1.82) is 5.26 Å². The molecule has 0 aliphatic carbocycles. The second kappa shape index (κ2) is 7.93. The summed E-state index contributed by atoms with van der Waals surface area (Å²) in [6.07, 6.45) is 3.39. The Kier molecular flexibility index (Phi) is 5.24. The SMILES string of the molecule is C=NN(/C(O)=C(\C)c1ccc(C#N)cc1)c1ccc(-c2ccccn2)cn1. The van der Waals surface area contributed by atoms with Crippen LogP contribution < -0.4 is 5.01 Å². The van der Waals surface area contributed by atoms with Crippen molar-refractivity contribution in [1.82, 2.24) is 9.97 Å². The number of anilines is 1. The van der Waals surface area contributed by atoms with Gasteiger partial charge in [0.05, 0.1) is 17.3 Å². The Morgan fingerprint density at radius 3 is 2.44 bits per heavy atom. The summed E-state index contributed by atoms with van der Waals surface area (Å²) in [5.74, 6) is 0.336. The van der Waals surface area contributed by atoms with Gasteiger partial charge in [-0.1, -0.05) is 18.2 Å². The van der Waals surface area contributed by atoms with Crippen LogP contribution >= 0.6 is 0 Å². The molecular weight excluding hydrogens is 338 g/mol. The average molecular weight is 355 g/mol. The summed E-state index contributed by atoms with van der Waals surface area (Å²) in [7, 11) is 0. The number of hydrogen-bond donors (Lipinski definition) is 1. The number of aliphatic hydroxyl groups excluding tert-OH is 1. The fourth-order valence-electron chi connectivity index (χ4n) is 2.53. The highest BCUT2D eigenvalue weighted by Gasteiger charge is 2.15. The maximum atomic E-state index is 10.7. The first-order valence-electron chi connectivity index (χ1n) is 8.18. The molecule has 0 saturated heterocycles. The zero-order chi connectivity index (χ0) is 19.2. The lowest BCUT2D eigenvalue weighted by Gasteiger charge is -2.18. The van der Waals surface area contributed by atoms with Gasteiger partial charge in [0, 0.05) is 30.2 Å². The number of hydrogen-bond acceptors (Lipinski definition) is 6. The van der Waals surface area contributed by atoms with Gasteiger partial charge in [-0.25, -0.2) is 4.98 Å². The normalized spacial score (nSPS) is 11.3. The molecule has 132 valence electrons. The van der Waals surface area contributed by atoms with Gasteiger partial charge in [0.2, 0.25) is 5.88 Å². The Hall–Kier alpha value is -3.98. The van der Waals surface area contributed by atoms with E-state index in [9.17, 15) is 5.11 Å². The Morgan fingerprint density at radius 1 is 1.11 bits per heavy atom. The minimum absolute atomic E-state index is 0.0900. The molecule has 0 atom stereocenters. The molecule has 0 saturated carbocycles. The summed E-state index contributed by atoms with van der Waals surface area (Å²) in [5.41, 5.74) is 3.57. The summed E-state index contributed by atoms with van der Waals surface area (Å²) < 4.78 is 0. The zero-order valence-corrected chi connectivity index (χ0v) is 14.7. The molecule has 3 aromatic rings. The number of pyridine rings is 2. The summed E-state index contributed by atoms with van der Waals surface area (Å²) in [6, 6.07) is 18.2. The van der Waals surface area contributed by atoms with Gasteiger partial charge < -0.3 is 5.11 Å². The van der Waals surface area contributed by atoms with Crippen LogP contribution in [0.3, 0.4) is 0 Å². The van der Waals surface area contributed by atoms with Gasteiger partial charge in [-0.15, -0.1) is 0 Å². The number of aliphatic hydroxyl groups is 1. The van der Waals surface area contributed by atoms with Crippen LogP contribution in [-0.2, 0) is 0 Å². The van der Waals surface area contributed by atoms with Crippen LogP contribution in [0.5, 0.6) is 0 Å². The topological polar surface area (TPSA) is 85.4 Å². The van der Waals surface area contributed by atoms with E-state index in [0.29, 0.717) is 17.0 Å². The summed E-state index contributed by atoms with van der Waals surface area (Å²) in [6.45, 7) is 5.29. The molecule has 6 nitrogen and oxygen atoms in total. The number of allylic oxidation sites excluding steroid dienone is 1. The fraction of sp³-hybridized carbons (Fsp3) is 0.0476. The maximum Gasteiger partial charge on any atom is 0.217 e. The van der Waals surface area contributed by atoms with E-state index in [-0.39, 0.29) is 5.88 Å². The fourth-order valence-corrected chi connectivity index (χ4v) is 2.53. The lowest BCUT2D eigenvalue weighted by Crippen LogP contribution is -2.17. The van der Waals surface area contributed by atoms with E-state index in [2.05, 4.69) is 27.9 Å². The molecule has 0 bridgehead atoms. The lowest BCUT2D eigenvalue weighted by atomic mass is 10.1. The number of rotatable bonds is 5. The van der Waals surface area contributed by atoms with Crippen molar-refractivity contribution in [2.75, 3.05) is 5.01 Å². The number of benzene rings is 1. The highest BCUT2D eigenvalue weighted by Crippen LogP contribution is 2.25. The molecule has 2 heterocycles. The van der Waals surface area contributed by atoms with Crippen LogP contribution in [0.1, 0.15) is 18.1 Å². The predicted molar refractivity (Wildman–Crippen MR) is 106 cm³/mol. The smallest absolute Gasteiger partial charge is 0.217 e. The highest BCUT2D eigenvalue weighted by molar-refractivity contribution is 5.70. The molecule has 3 rings (SSSR count). The zero-order valence-electron chi connectivity index (χ0n) is 14.7. The molecule has 27 heavy (non-hydrogen) atoms. The quantitative estimate of drug-likeness (QED) is 0.417. The molecule has 1 aromatic carbocycles. The second-order valence-corrected chi connectivity index (χ2v) is 5.71. The summed E-state index contributed by atoms with van der Waals surface area (Å²) in [4.78, 5) is 8.66. The molecule has 1 N–H and O–H groups in total. The van der Waals surface area contributed by atoms with Gasteiger partial charge in [0.25, 0.3) is 0 Å². The van der Waals surface area contributed by atoms with Crippen molar-refractivity contribution >= 4 is 18.1 Å². The first-order chi connectivity index (χ1) is 13.1. The van der Waals surface area contributed by atoms with E-state index >= 15 is 0 Å². The molecule has 6 heteroatoms. The standard InChI is InChI=1S/C21H17N5O/c1-15(17-8-6-16(13-22)7-9-17)21(27)26(23-2)20-11-10-18(14-25-20)19-5-3-4-12-24-19/h3-12,14,27H,2H2,1H3/b21-15-. The first-order valence-corrected chi connectivity index (χ1v) is 8.18. The summed E-state index contributed by atoms with van der Waals surface area (Å²) in [5, 5.41) is 24.7. The van der Waals surface area contributed by atoms with E-state index in [1.54, 1.807) is 49.6 Å². The van der Waals surface area contributed by atoms with E-state index in [1.165, 1.54) is 5.01 Å². The van der Waals surface area contributed by atoms with E-state index < -0.39 is 0 Å². The van der Waals surface area contributed by atoms with Crippen LogP contribution in [0.2, 0.25) is 0 Å².